The second kappa shape index (κ2) is 5.31. The minimum absolute atomic E-state index is 0.0930. The first-order chi connectivity index (χ1) is 8.49. The van der Waals surface area contributed by atoms with Gasteiger partial charge in [-0.1, -0.05) is 13.8 Å². The van der Waals surface area contributed by atoms with Crippen LogP contribution in [0.25, 0.3) is 0 Å². The number of phenolic OH excluding ortho intramolecular Hbond substituents is 1. The Bertz CT molecular complexity index is 461. The molecule has 1 amide bonds. The number of benzene rings is 1. The third-order valence-electron chi connectivity index (χ3n) is 3.99. The summed E-state index contributed by atoms with van der Waals surface area (Å²) < 4.78 is 0.599. The number of carbonyl (C=O) groups excluding carboxylic acids is 1. The zero-order chi connectivity index (χ0) is 13.3. The molecule has 0 radical (unpaired) electrons. The predicted molar refractivity (Wildman–Crippen MR) is 74.6 cm³/mol. The molecule has 0 aliphatic heterocycles. The highest BCUT2D eigenvalue weighted by Gasteiger charge is 2.30. The molecule has 3 unspecified atom stereocenters. The third-order valence-corrected chi connectivity index (χ3v) is 4.66. The van der Waals surface area contributed by atoms with E-state index in [1.54, 1.807) is 12.1 Å². The van der Waals surface area contributed by atoms with E-state index in [1.165, 1.54) is 6.07 Å². The van der Waals surface area contributed by atoms with Crippen LogP contribution in [0.4, 0.5) is 0 Å². The number of halogens is 1. The molecule has 1 fully saturated rings. The van der Waals surface area contributed by atoms with E-state index in [2.05, 4.69) is 35.1 Å². The molecule has 0 saturated heterocycles. The molecule has 0 aromatic heterocycles. The highest BCUT2D eigenvalue weighted by molar-refractivity contribution is 9.10. The number of nitrogens with one attached hydrogen (secondary N) is 1. The average molecular weight is 312 g/mol. The number of aromatic hydroxyl groups is 1. The maximum atomic E-state index is 12.1. The van der Waals surface area contributed by atoms with Gasteiger partial charge in [0.1, 0.15) is 5.75 Å². The Labute approximate surface area is 116 Å². The van der Waals surface area contributed by atoms with Crippen LogP contribution >= 0.6 is 15.9 Å². The summed E-state index contributed by atoms with van der Waals surface area (Å²) >= 11 is 3.20. The number of carbonyl (C=O) groups is 1. The van der Waals surface area contributed by atoms with Crippen molar-refractivity contribution in [3.63, 3.8) is 0 Å². The van der Waals surface area contributed by atoms with E-state index >= 15 is 0 Å². The number of rotatable bonds is 2. The summed E-state index contributed by atoms with van der Waals surface area (Å²) in [7, 11) is 0. The maximum Gasteiger partial charge on any atom is 0.251 e. The predicted octanol–water partition coefficient (Wildman–Crippen LogP) is 3.32. The van der Waals surface area contributed by atoms with E-state index in [0.717, 1.165) is 12.8 Å². The van der Waals surface area contributed by atoms with Gasteiger partial charge in [-0.05, 0) is 58.8 Å². The first kappa shape index (κ1) is 13.4. The molecule has 2 N–H and O–H groups in total. The molecule has 1 aromatic carbocycles. The smallest absolute Gasteiger partial charge is 0.251 e. The monoisotopic (exact) mass is 311 g/mol. The highest BCUT2D eigenvalue weighted by Crippen LogP contribution is 2.31. The second-order valence-corrected chi connectivity index (χ2v) is 6.01. The van der Waals surface area contributed by atoms with Crippen molar-refractivity contribution in [3.8, 4) is 5.75 Å². The normalized spacial score (nSPS) is 27.2. The molecule has 1 aromatic rings. The topological polar surface area (TPSA) is 49.3 Å². The zero-order valence-corrected chi connectivity index (χ0v) is 12.2. The number of amides is 1. The van der Waals surface area contributed by atoms with Crippen LogP contribution < -0.4 is 5.32 Å². The molecule has 1 aliphatic carbocycles. The van der Waals surface area contributed by atoms with Gasteiger partial charge in [-0.3, -0.25) is 4.79 Å². The summed E-state index contributed by atoms with van der Waals surface area (Å²) in [4.78, 5) is 12.1. The average Bonchev–Trinajstić information content (AvgIpc) is 2.64. The van der Waals surface area contributed by atoms with Crippen LogP contribution in [-0.2, 0) is 0 Å². The van der Waals surface area contributed by atoms with E-state index < -0.39 is 0 Å². The lowest BCUT2D eigenvalue weighted by atomic mass is 9.97. The molecule has 1 aliphatic rings. The largest absolute Gasteiger partial charge is 0.507 e. The molecule has 0 spiro atoms. The molecule has 3 atom stereocenters. The van der Waals surface area contributed by atoms with Crippen LogP contribution in [0.5, 0.6) is 5.75 Å². The van der Waals surface area contributed by atoms with Gasteiger partial charge in [0.05, 0.1) is 4.47 Å². The molecular weight excluding hydrogens is 294 g/mol. The minimum Gasteiger partial charge on any atom is -0.507 e. The fourth-order valence-corrected chi connectivity index (χ4v) is 2.72. The molecule has 2 rings (SSSR count). The van der Waals surface area contributed by atoms with Gasteiger partial charge in [0, 0.05) is 11.6 Å². The van der Waals surface area contributed by atoms with Gasteiger partial charge in [0.25, 0.3) is 5.91 Å². The SMILES string of the molecule is CC1CCC(NC(=O)c2ccc(Br)c(O)c2)C1C. The van der Waals surface area contributed by atoms with Crippen LogP contribution in [0.2, 0.25) is 0 Å². The van der Waals surface area contributed by atoms with Crippen molar-refractivity contribution in [1.82, 2.24) is 5.32 Å². The lowest BCUT2D eigenvalue weighted by Crippen LogP contribution is -2.37. The molecule has 18 heavy (non-hydrogen) atoms. The second-order valence-electron chi connectivity index (χ2n) is 5.16. The summed E-state index contributed by atoms with van der Waals surface area (Å²) in [5, 5.41) is 12.6. The number of hydrogen-bond acceptors (Lipinski definition) is 2. The Morgan fingerprint density at radius 3 is 2.67 bits per heavy atom. The molecule has 1 saturated carbocycles. The van der Waals surface area contributed by atoms with E-state index in [0.29, 0.717) is 21.9 Å². The standard InChI is InChI=1S/C14H18BrNO2/c1-8-3-6-12(9(8)2)16-14(18)10-4-5-11(15)13(17)7-10/h4-5,7-9,12,17H,3,6H2,1-2H3,(H,16,18). The summed E-state index contributed by atoms with van der Waals surface area (Å²) in [6.07, 6.45) is 2.20. The summed E-state index contributed by atoms with van der Waals surface area (Å²) in [5.74, 6) is 1.16. The van der Waals surface area contributed by atoms with Crippen LogP contribution in [0.1, 0.15) is 37.0 Å². The maximum absolute atomic E-state index is 12.1. The zero-order valence-electron chi connectivity index (χ0n) is 10.6. The molecule has 0 bridgehead atoms. The summed E-state index contributed by atoms with van der Waals surface area (Å²) in [6.45, 7) is 4.41. The molecular formula is C14H18BrNO2. The van der Waals surface area contributed by atoms with Gasteiger partial charge in [-0.25, -0.2) is 0 Å². The van der Waals surface area contributed by atoms with Crippen molar-refractivity contribution in [2.75, 3.05) is 0 Å². The van der Waals surface area contributed by atoms with E-state index in [-0.39, 0.29) is 17.7 Å². The summed E-state index contributed by atoms with van der Waals surface area (Å²) in [5.41, 5.74) is 0.502. The first-order valence-electron chi connectivity index (χ1n) is 6.28. The van der Waals surface area contributed by atoms with E-state index in [1.807, 2.05) is 0 Å². The Morgan fingerprint density at radius 2 is 2.11 bits per heavy atom. The number of phenols is 1. The van der Waals surface area contributed by atoms with E-state index in [4.69, 9.17) is 0 Å². The van der Waals surface area contributed by atoms with Crippen LogP contribution in [0.3, 0.4) is 0 Å². The third kappa shape index (κ3) is 2.69. The lowest BCUT2D eigenvalue weighted by Gasteiger charge is -2.19. The highest BCUT2D eigenvalue weighted by atomic mass is 79.9. The van der Waals surface area contributed by atoms with Gasteiger partial charge >= 0.3 is 0 Å². The quantitative estimate of drug-likeness (QED) is 0.880. The van der Waals surface area contributed by atoms with Gasteiger partial charge < -0.3 is 10.4 Å². The fraction of sp³-hybridized carbons (Fsp3) is 0.500. The fourth-order valence-electron chi connectivity index (χ4n) is 2.47. The van der Waals surface area contributed by atoms with Crippen molar-refractivity contribution >= 4 is 21.8 Å². The Kier molecular flexibility index (Phi) is 3.95. The van der Waals surface area contributed by atoms with Crippen LogP contribution in [0, 0.1) is 11.8 Å². The van der Waals surface area contributed by atoms with Crippen LogP contribution in [-0.4, -0.2) is 17.1 Å². The Balaban J connectivity index is 2.06. The van der Waals surface area contributed by atoms with Crippen molar-refractivity contribution in [2.24, 2.45) is 11.8 Å². The summed E-state index contributed by atoms with van der Waals surface area (Å²) in [6, 6.07) is 5.13. The molecule has 3 nitrogen and oxygen atoms in total. The van der Waals surface area contributed by atoms with Gasteiger partial charge in [-0.15, -0.1) is 0 Å². The molecule has 4 heteroatoms. The minimum atomic E-state index is -0.108. The van der Waals surface area contributed by atoms with Gasteiger partial charge in [0.15, 0.2) is 0 Å². The Hall–Kier alpha value is -1.03. The Morgan fingerprint density at radius 1 is 1.39 bits per heavy atom. The molecule has 98 valence electrons. The van der Waals surface area contributed by atoms with Crippen molar-refractivity contribution < 1.29 is 9.90 Å². The van der Waals surface area contributed by atoms with Gasteiger partial charge in [0.2, 0.25) is 0 Å². The van der Waals surface area contributed by atoms with E-state index in [9.17, 15) is 9.90 Å². The van der Waals surface area contributed by atoms with Crippen molar-refractivity contribution in [1.29, 1.82) is 0 Å². The van der Waals surface area contributed by atoms with Gasteiger partial charge in [-0.2, -0.15) is 0 Å². The lowest BCUT2D eigenvalue weighted by molar-refractivity contribution is 0.0927. The van der Waals surface area contributed by atoms with Crippen LogP contribution in [0.15, 0.2) is 22.7 Å². The van der Waals surface area contributed by atoms with Crippen molar-refractivity contribution in [2.45, 2.75) is 32.7 Å². The molecule has 0 heterocycles. The first-order valence-corrected chi connectivity index (χ1v) is 7.07. The van der Waals surface area contributed by atoms with Crippen molar-refractivity contribution in [3.05, 3.63) is 28.2 Å². The number of hydrogen-bond donors (Lipinski definition) is 2.